The van der Waals surface area contributed by atoms with Gasteiger partial charge in [0.05, 0.1) is 16.7 Å². The van der Waals surface area contributed by atoms with E-state index in [9.17, 15) is 20.0 Å². The number of aromatic nitrogens is 1. The van der Waals surface area contributed by atoms with Gasteiger partial charge in [0.25, 0.3) is 5.69 Å². The fourth-order valence-electron chi connectivity index (χ4n) is 4.49. The Morgan fingerprint density at radius 2 is 2.06 bits per heavy atom. The lowest BCUT2D eigenvalue weighted by Crippen LogP contribution is -2.44. The minimum Gasteiger partial charge on any atom is -0.397 e. The van der Waals surface area contributed by atoms with Crippen molar-refractivity contribution in [3.63, 3.8) is 0 Å². The van der Waals surface area contributed by atoms with E-state index in [1.807, 2.05) is 0 Å². The molecule has 0 radical (unpaired) electrons. The first-order valence-corrected chi connectivity index (χ1v) is 12.7. The standard InChI is InChI=1S/C24H30N6O5S/c1-2-3-15-12-19(28-22-20(15)21(25)23(36-22)35-24(26)32)29-10-8-16(9-11-29)27-13-18(31)14-4-6-17(7-5-14)30(33)34/h4-7,12,16,18,27,31H,2-3,8-11,13,25H2,1H3,(H2,26,32). The average Bonchev–Trinajstić information content (AvgIpc) is 3.17. The van der Waals surface area contributed by atoms with Crippen LogP contribution in [0.15, 0.2) is 30.3 Å². The summed E-state index contributed by atoms with van der Waals surface area (Å²) < 4.78 is 5.08. The van der Waals surface area contributed by atoms with E-state index in [0.717, 1.165) is 60.4 Å². The van der Waals surface area contributed by atoms with E-state index >= 15 is 0 Å². The van der Waals surface area contributed by atoms with Gasteiger partial charge < -0.3 is 31.5 Å². The molecule has 4 rings (SSSR count). The Morgan fingerprint density at radius 1 is 1.36 bits per heavy atom. The molecule has 1 saturated heterocycles. The molecule has 11 nitrogen and oxygen atoms in total. The van der Waals surface area contributed by atoms with E-state index < -0.39 is 17.1 Å². The lowest BCUT2D eigenvalue weighted by molar-refractivity contribution is -0.384. The van der Waals surface area contributed by atoms with E-state index in [4.69, 9.17) is 21.2 Å². The van der Waals surface area contributed by atoms with Crippen LogP contribution in [-0.2, 0) is 6.42 Å². The van der Waals surface area contributed by atoms with E-state index in [0.29, 0.717) is 17.8 Å². The van der Waals surface area contributed by atoms with Gasteiger partial charge in [0.2, 0.25) is 5.06 Å². The second-order valence-corrected chi connectivity index (χ2v) is 9.79. The molecule has 0 bridgehead atoms. The van der Waals surface area contributed by atoms with Crippen molar-refractivity contribution in [3.8, 4) is 5.06 Å². The first kappa shape index (κ1) is 25.6. The van der Waals surface area contributed by atoms with Gasteiger partial charge in [0.1, 0.15) is 10.6 Å². The Hall–Kier alpha value is -3.48. The van der Waals surface area contributed by atoms with E-state index in [2.05, 4.69) is 23.2 Å². The number of carbonyl (C=O) groups excluding carboxylic acids is 1. The van der Waals surface area contributed by atoms with Gasteiger partial charge in [-0.1, -0.05) is 24.7 Å². The summed E-state index contributed by atoms with van der Waals surface area (Å²) in [6.45, 7) is 4.05. The lowest BCUT2D eigenvalue weighted by atomic mass is 10.0. The molecule has 1 aromatic carbocycles. The summed E-state index contributed by atoms with van der Waals surface area (Å²) >= 11 is 1.22. The Bertz CT molecular complexity index is 1240. The maximum Gasteiger partial charge on any atom is 0.410 e. The maximum atomic E-state index is 11.2. The average molecular weight is 515 g/mol. The molecule has 0 spiro atoms. The maximum absolute atomic E-state index is 11.2. The Kier molecular flexibility index (Phi) is 7.87. The third-order valence-corrected chi connectivity index (χ3v) is 7.33. The Labute approximate surface area is 212 Å². The number of aliphatic hydroxyl groups is 1. The molecule has 1 amide bonds. The number of piperidine rings is 1. The number of nitrogen functional groups attached to an aromatic ring is 1. The van der Waals surface area contributed by atoms with Gasteiger partial charge in [-0.05, 0) is 48.6 Å². The lowest BCUT2D eigenvalue weighted by Gasteiger charge is -2.34. The number of nitro benzene ring substituents is 1. The number of nitrogens with zero attached hydrogens (tertiary/aromatic N) is 3. The molecule has 3 heterocycles. The number of hydrogen-bond donors (Lipinski definition) is 4. The predicted octanol–water partition coefficient (Wildman–Crippen LogP) is 3.49. The van der Waals surface area contributed by atoms with Crippen molar-refractivity contribution in [2.24, 2.45) is 5.73 Å². The highest BCUT2D eigenvalue weighted by molar-refractivity contribution is 7.21. The number of carbonyl (C=O) groups is 1. The predicted molar refractivity (Wildman–Crippen MR) is 140 cm³/mol. The number of nitro groups is 1. The number of amides is 1. The van der Waals surface area contributed by atoms with E-state index in [1.165, 1.54) is 23.5 Å². The molecule has 0 saturated carbocycles. The topological polar surface area (TPSA) is 170 Å². The monoisotopic (exact) mass is 514 g/mol. The molecule has 6 N–H and O–H groups in total. The van der Waals surface area contributed by atoms with Crippen LogP contribution in [0.2, 0.25) is 0 Å². The molecule has 1 aliphatic rings. The van der Waals surface area contributed by atoms with Crippen LogP contribution in [0, 0.1) is 10.1 Å². The number of thiophene rings is 1. The first-order valence-electron chi connectivity index (χ1n) is 11.9. The molecular weight excluding hydrogens is 484 g/mol. The van der Waals surface area contributed by atoms with Gasteiger partial charge in [-0.25, -0.2) is 9.78 Å². The summed E-state index contributed by atoms with van der Waals surface area (Å²) in [6, 6.07) is 8.27. The highest BCUT2D eigenvalue weighted by atomic mass is 32.1. The van der Waals surface area contributed by atoms with Gasteiger partial charge in [0, 0.05) is 43.2 Å². The van der Waals surface area contributed by atoms with Crippen LogP contribution in [-0.4, -0.2) is 46.8 Å². The fraction of sp³-hybridized carbons (Fsp3) is 0.417. The molecule has 3 aromatic rings. The number of rotatable bonds is 9. The molecule has 1 aliphatic heterocycles. The molecule has 0 aliphatic carbocycles. The highest BCUT2D eigenvalue weighted by Gasteiger charge is 2.24. The summed E-state index contributed by atoms with van der Waals surface area (Å²) in [7, 11) is 0. The van der Waals surface area contributed by atoms with Gasteiger partial charge in [0.15, 0.2) is 0 Å². The van der Waals surface area contributed by atoms with Crippen LogP contribution >= 0.6 is 11.3 Å². The van der Waals surface area contributed by atoms with Crippen molar-refractivity contribution in [2.45, 2.75) is 44.8 Å². The summed E-state index contributed by atoms with van der Waals surface area (Å²) in [5.74, 6) is 0.863. The number of aryl methyl sites for hydroxylation is 1. The summed E-state index contributed by atoms with van der Waals surface area (Å²) in [5.41, 5.74) is 13.5. The van der Waals surface area contributed by atoms with Gasteiger partial charge >= 0.3 is 6.09 Å². The fourth-order valence-corrected chi connectivity index (χ4v) is 5.48. The van der Waals surface area contributed by atoms with Crippen molar-refractivity contribution < 1.29 is 19.6 Å². The molecular formula is C24H30N6O5S. The summed E-state index contributed by atoms with van der Waals surface area (Å²) in [4.78, 5) is 29.4. The SMILES string of the molecule is CCCc1cc(N2CCC(NCC(O)c3ccc([N+](=O)[O-])cc3)CC2)nc2sc(OC(N)=O)c(N)c12. The number of non-ortho nitro benzene ring substituents is 1. The molecule has 192 valence electrons. The largest absolute Gasteiger partial charge is 0.410 e. The van der Waals surface area contributed by atoms with Gasteiger partial charge in [-0.2, -0.15) is 0 Å². The van der Waals surface area contributed by atoms with Crippen molar-refractivity contribution in [1.29, 1.82) is 0 Å². The van der Waals surface area contributed by atoms with E-state index in [1.54, 1.807) is 12.1 Å². The quantitative estimate of drug-likeness (QED) is 0.246. The number of aliphatic hydroxyl groups excluding tert-OH is 1. The molecule has 1 fully saturated rings. The van der Waals surface area contributed by atoms with Crippen molar-refractivity contribution in [1.82, 2.24) is 10.3 Å². The Balaban J connectivity index is 1.39. The zero-order chi connectivity index (χ0) is 25.8. The second kappa shape index (κ2) is 11.1. The van der Waals surface area contributed by atoms with Crippen LogP contribution in [0.4, 0.5) is 22.0 Å². The normalized spacial score (nSPS) is 15.2. The van der Waals surface area contributed by atoms with Gasteiger partial charge in [-0.3, -0.25) is 10.1 Å². The first-order chi connectivity index (χ1) is 17.3. The number of anilines is 2. The third-order valence-electron chi connectivity index (χ3n) is 6.35. The number of primary amides is 1. The van der Waals surface area contributed by atoms with Crippen molar-refractivity contribution in [3.05, 3.63) is 51.6 Å². The summed E-state index contributed by atoms with van der Waals surface area (Å²) in [6.07, 6.45) is 1.85. The zero-order valence-electron chi connectivity index (χ0n) is 20.0. The van der Waals surface area contributed by atoms with Crippen LogP contribution in [0.5, 0.6) is 5.06 Å². The van der Waals surface area contributed by atoms with Crippen molar-refractivity contribution in [2.75, 3.05) is 30.3 Å². The third kappa shape index (κ3) is 5.66. The molecule has 1 atom stereocenters. The number of fused-ring (bicyclic) bond motifs is 1. The number of pyridine rings is 1. The van der Waals surface area contributed by atoms with Gasteiger partial charge in [-0.15, -0.1) is 0 Å². The number of nitrogens with two attached hydrogens (primary N) is 2. The Morgan fingerprint density at radius 3 is 2.67 bits per heavy atom. The minimum atomic E-state index is -0.904. The van der Waals surface area contributed by atoms with Crippen LogP contribution < -0.4 is 26.4 Å². The number of hydrogen-bond acceptors (Lipinski definition) is 10. The minimum absolute atomic E-state index is 0.00188. The number of nitrogens with one attached hydrogen (secondary N) is 1. The molecule has 1 unspecified atom stereocenters. The van der Waals surface area contributed by atoms with Crippen LogP contribution in [0.1, 0.15) is 43.4 Å². The van der Waals surface area contributed by atoms with Crippen LogP contribution in [0.25, 0.3) is 10.2 Å². The highest BCUT2D eigenvalue weighted by Crippen LogP contribution is 2.42. The molecule has 2 aromatic heterocycles. The zero-order valence-corrected chi connectivity index (χ0v) is 20.8. The second-order valence-electron chi connectivity index (χ2n) is 8.83. The van der Waals surface area contributed by atoms with E-state index in [-0.39, 0.29) is 16.8 Å². The number of ether oxygens (including phenoxy) is 1. The smallest absolute Gasteiger partial charge is 0.397 e. The van der Waals surface area contributed by atoms with Crippen LogP contribution in [0.3, 0.4) is 0 Å². The number of benzene rings is 1. The van der Waals surface area contributed by atoms with Crippen molar-refractivity contribution >= 4 is 44.8 Å². The molecule has 12 heteroatoms. The summed E-state index contributed by atoms with van der Waals surface area (Å²) in [5, 5.41) is 25.8. The molecule has 36 heavy (non-hydrogen) atoms.